The average molecular weight is 402 g/mol. The molecule has 3 rings (SSSR count). The number of aromatic nitrogens is 1. The molecule has 1 aromatic carbocycles. The van der Waals surface area contributed by atoms with Gasteiger partial charge in [-0.3, -0.25) is 9.78 Å². The van der Waals surface area contributed by atoms with Gasteiger partial charge in [0.2, 0.25) is 10.0 Å². The SMILES string of the molecule is CC(c1ccccn1)N(C(=O)c1ccc(S(=O)(=O)NC(C)(C)C)cc1)C1CC1. The van der Waals surface area contributed by atoms with E-state index in [2.05, 4.69) is 9.71 Å². The number of rotatable bonds is 6. The first kappa shape index (κ1) is 20.5. The summed E-state index contributed by atoms with van der Waals surface area (Å²) in [6.45, 7) is 7.34. The molecule has 150 valence electrons. The largest absolute Gasteiger partial charge is 0.327 e. The quantitative estimate of drug-likeness (QED) is 0.803. The Labute approximate surface area is 167 Å². The molecule has 1 aliphatic carbocycles. The van der Waals surface area contributed by atoms with Crippen molar-refractivity contribution in [1.29, 1.82) is 0 Å². The van der Waals surface area contributed by atoms with Crippen molar-refractivity contribution in [2.75, 3.05) is 0 Å². The van der Waals surface area contributed by atoms with Crippen LogP contribution in [-0.4, -0.2) is 35.8 Å². The molecule has 1 atom stereocenters. The number of sulfonamides is 1. The Hall–Kier alpha value is -2.25. The van der Waals surface area contributed by atoms with Crippen LogP contribution in [-0.2, 0) is 10.0 Å². The van der Waals surface area contributed by atoms with Gasteiger partial charge >= 0.3 is 0 Å². The number of benzene rings is 1. The van der Waals surface area contributed by atoms with Crippen molar-refractivity contribution in [3.63, 3.8) is 0 Å². The number of nitrogens with zero attached hydrogens (tertiary/aromatic N) is 2. The summed E-state index contributed by atoms with van der Waals surface area (Å²) in [6, 6.07) is 11.9. The number of pyridine rings is 1. The predicted molar refractivity (Wildman–Crippen MR) is 108 cm³/mol. The highest BCUT2D eigenvalue weighted by molar-refractivity contribution is 7.89. The maximum absolute atomic E-state index is 13.2. The maximum Gasteiger partial charge on any atom is 0.254 e. The van der Waals surface area contributed by atoms with Gasteiger partial charge in [-0.25, -0.2) is 13.1 Å². The second kappa shape index (κ2) is 7.64. The van der Waals surface area contributed by atoms with Crippen molar-refractivity contribution in [2.45, 2.75) is 63.1 Å². The predicted octanol–water partition coefficient (Wildman–Crippen LogP) is 3.52. The molecule has 1 unspecified atom stereocenters. The Kier molecular flexibility index (Phi) is 5.59. The van der Waals surface area contributed by atoms with Crippen LogP contribution in [0.3, 0.4) is 0 Å². The van der Waals surface area contributed by atoms with Gasteiger partial charge in [-0.15, -0.1) is 0 Å². The molecular formula is C21H27N3O3S. The molecule has 1 aliphatic rings. The third-order valence-electron chi connectivity index (χ3n) is 4.56. The summed E-state index contributed by atoms with van der Waals surface area (Å²) >= 11 is 0. The van der Waals surface area contributed by atoms with E-state index in [4.69, 9.17) is 0 Å². The van der Waals surface area contributed by atoms with Crippen LogP contribution in [0.4, 0.5) is 0 Å². The van der Waals surface area contributed by atoms with Crippen LogP contribution in [0.25, 0.3) is 0 Å². The number of carbonyl (C=O) groups excluding carboxylic acids is 1. The maximum atomic E-state index is 13.2. The van der Waals surface area contributed by atoms with Crippen LogP contribution in [0, 0.1) is 0 Å². The van der Waals surface area contributed by atoms with Gasteiger partial charge in [-0.2, -0.15) is 0 Å². The fourth-order valence-corrected chi connectivity index (χ4v) is 4.58. The van der Waals surface area contributed by atoms with Crippen molar-refractivity contribution in [3.8, 4) is 0 Å². The van der Waals surface area contributed by atoms with Crippen LogP contribution in [0.2, 0.25) is 0 Å². The Balaban J connectivity index is 1.83. The molecule has 1 heterocycles. The van der Waals surface area contributed by atoms with E-state index in [1.807, 2.05) is 30.0 Å². The first-order chi connectivity index (χ1) is 13.1. The molecule has 28 heavy (non-hydrogen) atoms. The zero-order chi connectivity index (χ0) is 20.5. The highest BCUT2D eigenvalue weighted by Gasteiger charge is 2.37. The molecule has 6 nitrogen and oxygen atoms in total. The molecule has 1 aromatic heterocycles. The molecule has 1 saturated carbocycles. The fourth-order valence-electron chi connectivity index (χ4n) is 3.16. The Bertz CT molecular complexity index is 931. The van der Waals surface area contributed by atoms with Gasteiger partial charge in [0.05, 0.1) is 16.6 Å². The van der Waals surface area contributed by atoms with Crippen LogP contribution in [0.5, 0.6) is 0 Å². The normalized spacial score (nSPS) is 15.9. The lowest BCUT2D eigenvalue weighted by Crippen LogP contribution is -2.40. The summed E-state index contributed by atoms with van der Waals surface area (Å²) in [5, 5.41) is 0. The number of amides is 1. The van der Waals surface area contributed by atoms with E-state index < -0.39 is 15.6 Å². The average Bonchev–Trinajstić information content (AvgIpc) is 3.45. The summed E-state index contributed by atoms with van der Waals surface area (Å²) in [7, 11) is -3.63. The van der Waals surface area contributed by atoms with E-state index in [1.54, 1.807) is 39.1 Å². The number of nitrogens with one attached hydrogen (secondary N) is 1. The van der Waals surface area contributed by atoms with Crippen molar-refractivity contribution in [2.24, 2.45) is 0 Å². The fraction of sp³-hybridized carbons (Fsp3) is 0.429. The molecule has 0 bridgehead atoms. The van der Waals surface area contributed by atoms with Crippen LogP contribution < -0.4 is 4.72 Å². The molecule has 1 fully saturated rings. The Morgan fingerprint density at radius 1 is 1.14 bits per heavy atom. The third kappa shape index (κ3) is 4.77. The molecule has 7 heteroatoms. The summed E-state index contributed by atoms with van der Waals surface area (Å²) in [5.41, 5.74) is 0.745. The Morgan fingerprint density at radius 2 is 1.79 bits per heavy atom. The van der Waals surface area contributed by atoms with Gasteiger partial charge in [0.1, 0.15) is 0 Å². The van der Waals surface area contributed by atoms with E-state index in [9.17, 15) is 13.2 Å². The molecule has 2 aromatic rings. The first-order valence-electron chi connectivity index (χ1n) is 9.46. The van der Waals surface area contributed by atoms with Crippen molar-refractivity contribution in [1.82, 2.24) is 14.6 Å². The van der Waals surface area contributed by atoms with E-state index in [0.29, 0.717) is 5.56 Å². The van der Waals surface area contributed by atoms with E-state index in [1.165, 1.54) is 12.1 Å². The zero-order valence-electron chi connectivity index (χ0n) is 16.7. The van der Waals surface area contributed by atoms with Gasteiger partial charge < -0.3 is 4.90 Å². The second-order valence-corrected chi connectivity index (χ2v) is 9.94. The third-order valence-corrected chi connectivity index (χ3v) is 6.33. The molecule has 0 spiro atoms. The van der Waals surface area contributed by atoms with E-state index in [-0.39, 0.29) is 22.9 Å². The molecule has 0 radical (unpaired) electrons. The molecule has 1 amide bonds. The number of hydrogen-bond acceptors (Lipinski definition) is 4. The lowest BCUT2D eigenvalue weighted by atomic mass is 10.1. The first-order valence-corrected chi connectivity index (χ1v) is 10.9. The monoisotopic (exact) mass is 401 g/mol. The zero-order valence-corrected chi connectivity index (χ0v) is 17.5. The van der Waals surface area contributed by atoms with Crippen LogP contribution in [0.1, 0.15) is 62.6 Å². The highest BCUT2D eigenvalue weighted by atomic mass is 32.2. The minimum absolute atomic E-state index is 0.103. The highest BCUT2D eigenvalue weighted by Crippen LogP contribution is 2.35. The minimum Gasteiger partial charge on any atom is -0.327 e. The van der Waals surface area contributed by atoms with Crippen molar-refractivity contribution < 1.29 is 13.2 Å². The number of hydrogen-bond donors (Lipinski definition) is 1. The molecule has 0 aliphatic heterocycles. The Morgan fingerprint density at radius 3 is 2.29 bits per heavy atom. The summed E-state index contributed by atoms with van der Waals surface area (Å²) < 4.78 is 27.5. The van der Waals surface area contributed by atoms with E-state index >= 15 is 0 Å². The summed E-state index contributed by atoms with van der Waals surface area (Å²) in [5.74, 6) is -0.103. The van der Waals surface area contributed by atoms with Gasteiger partial charge in [-0.05, 0) is 76.9 Å². The van der Waals surface area contributed by atoms with Crippen LogP contribution >= 0.6 is 0 Å². The van der Waals surface area contributed by atoms with Gasteiger partial charge in [-0.1, -0.05) is 6.07 Å². The molecular weight excluding hydrogens is 374 g/mol. The molecule has 1 N–H and O–H groups in total. The van der Waals surface area contributed by atoms with Gasteiger partial charge in [0.25, 0.3) is 5.91 Å². The standard InChI is InChI=1S/C21H27N3O3S/c1-15(19-7-5-6-14-22-19)24(17-10-11-17)20(25)16-8-12-18(13-9-16)28(26,27)23-21(2,3)4/h5-9,12-15,17,23H,10-11H2,1-4H3. The summed E-state index contributed by atoms with van der Waals surface area (Å²) in [6.07, 6.45) is 3.68. The van der Waals surface area contributed by atoms with Crippen molar-refractivity contribution in [3.05, 3.63) is 59.9 Å². The minimum atomic E-state index is -3.63. The number of carbonyl (C=O) groups is 1. The molecule has 0 saturated heterocycles. The van der Waals surface area contributed by atoms with Crippen LogP contribution in [0.15, 0.2) is 53.6 Å². The van der Waals surface area contributed by atoms with Crippen molar-refractivity contribution >= 4 is 15.9 Å². The summed E-state index contributed by atoms with van der Waals surface area (Å²) in [4.78, 5) is 19.6. The smallest absolute Gasteiger partial charge is 0.254 e. The van der Waals surface area contributed by atoms with Gasteiger partial charge in [0, 0.05) is 23.3 Å². The lowest BCUT2D eigenvalue weighted by molar-refractivity contribution is 0.0670. The van der Waals surface area contributed by atoms with Gasteiger partial charge in [0.15, 0.2) is 0 Å². The topological polar surface area (TPSA) is 79.4 Å². The second-order valence-electron chi connectivity index (χ2n) is 8.25. The van der Waals surface area contributed by atoms with E-state index in [0.717, 1.165) is 18.5 Å². The lowest BCUT2D eigenvalue weighted by Gasteiger charge is -2.29.